The smallest absolute Gasteiger partial charge is 0.243 e. The molecule has 10 heteroatoms. The Kier molecular flexibility index (Phi) is 5.48. The molecule has 2 amide bonds. The van der Waals surface area contributed by atoms with Crippen molar-refractivity contribution in [3.63, 3.8) is 0 Å². The largest absolute Gasteiger partial charge is 0.342 e. The number of likely N-dealkylation sites (tertiary alicyclic amines) is 1. The highest BCUT2D eigenvalue weighted by Gasteiger charge is 2.38. The van der Waals surface area contributed by atoms with Gasteiger partial charge in [-0.2, -0.15) is 4.31 Å². The van der Waals surface area contributed by atoms with Crippen LogP contribution in [0.25, 0.3) is 0 Å². The minimum absolute atomic E-state index is 0.0459. The molecule has 1 aromatic carbocycles. The summed E-state index contributed by atoms with van der Waals surface area (Å²) in [7, 11) is -3.96. The van der Waals surface area contributed by atoms with Gasteiger partial charge in [-0.3, -0.25) is 9.59 Å². The third-order valence-corrected chi connectivity index (χ3v) is 6.92. The fraction of sp³-hybridized carbons (Fsp3) is 0.529. The van der Waals surface area contributed by atoms with Crippen LogP contribution in [0.2, 0.25) is 0 Å². The van der Waals surface area contributed by atoms with Gasteiger partial charge in [-0.05, 0) is 25.1 Å². The Hall–Kier alpha value is -2.07. The van der Waals surface area contributed by atoms with E-state index in [9.17, 15) is 26.8 Å². The minimum Gasteiger partial charge on any atom is -0.342 e. The summed E-state index contributed by atoms with van der Waals surface area (Å²) in [5, 5.41) is 0. The van der Waals surface area contributed by atoms with E-state index in [4.69, 9.17) is 0 Å². The monoisotopic (exact) mass is 401 g/mol. The first-order valence-electron chi connectivity index (χ1n) is 8.75. The second-order valence-electron chi connectivity index (χ2n) is 6.64. The molecule has 2 aliphatic heterocycles. The summed E-state index contributed by atoms with van der Waals surface area (Å²) in [6, 6.07) is 2.46. The van der Waals surface area contributed by atoms with Gasteiger partial charge in [-0.25, -0.2) is 17.2 Å². The molecule has 148 valence electrons. The van der Waals surface area contributed by atoms with Gasteiger partial charge in [0.15, 0.2) is 11.6 Å². The average Bonchev–Trinajstić information content (AvgIpc) is 3.04. The third-order valence-electron chi connectivity index (χ3n) is 5.02. The van der Waals surface area contributed by atoms with Crippen LogP contribution >= 0.6 is 0 Å². The zero-order valence-corrected chi connectivity index (χ0v) is 15.7. The van der Waals surface area contributed by atoms with Crippen LogP contribution in [0.5, 0.6) is 0 Å². The predicted octanol–water partition coefficient (Wildman–Crippen LogP) is 0.666. The van der Waals surface area contributed by atoms with Crippen molar-refractivity contribution in [1.29, 1.82) is 0 Å². The van der Waals surface area contributed by atoms with Crippen molar-refractivity contribution in [2.75, 3.05) is 39.3 Å². The van der Waals surface area contributed by atoms with E-state index < -0.39 is 27.6 Å². The SMILES string of the molecule is CCN1C[C@@H](C(=O)N2CCN(S(=O)(=O)c3ccc(F)c(F)c3)CC2)CC1=O. The highest BCUT2D eigenvalue weighted by Crippen LogP contribution is 2.23. The van der Waals surface area contributed by atoms with Crippen LogP contribution in [-0.2, 0) is 19.6 Å². The molecule has 2 aliphatic rings. The summed E-state index contributed by atoms with van der Waals surface area (Å²) < 4.78 is 52.7. The first-order chi connectivity index (χ1) is 12.7. The molecule has 1 atom stereocenters. The Morgan fingerprint density at radius 1 is 1.15 bits per heavy atom. The standard InChI is InChI=1S/C17H21F2N3O4S/c1-2-20-11-12(9-16(20)23)17(24)21-5-7-22(8-6-21)27(25,26)13-3-4-14(18)15(19)10-13/h3-4,10,12H,2,5-9,11H2,1H3/t12-/m0/s1. The molecule has 0 aromatic heterocycles. The van der Waals surface area contributed by atoms with Crippen molar-refractivity contribution < 1.29 is 26.8 Å². The predicted molar refractivity (Wildman–Crippen MR) is 92.1 cm³/mol. The molecule has 0 saturated carbocycles. The van der Waals surface area contributed by atoms with Gasteiger partial charge in [-0.1, -0.05) is 0 Å². The maximum atomic E-state index is 13.4. The number of carbonyl (C=O) groups is 2. The summed E-state index contributed by atoms with van der Waals surface area (Å²) in [4.78, 5) is 27.3. The van der Waals surface area contributed by atoms with Crippen molar-refractivity contribution in [2.45, 2.75) is 18.2 Å². The van der Waals surface area contributed by atoms with E-state index in [1.807, 2.05) is 6.92 Å². The Labute approximate surface area is 156 Å². The maximum Gasteiger partial charge on any atom is 0.243 e. The molecule has 0 N–H and O–H groups in total. The molecule has 1 aromatic rings. The first-order valence-corrected chi connectivity index (χ1v) is 10.2. The molecule has 3 rings (SSSR count). The average molecular weight is 401 g/mol. The van der Waals surface area contributed by atoms with Crippen molar-refractivity contribution in [3.05, 3.63) is 29.8 Å². The first kappa shape index (κ1) is 19.7. The Bertz CT molecular complexity index is 854. The number of piperazine rings is 1. The van der Waals surface area contributed by atoms with Crippen molar-refractivity contribution in [2.24, 2.45) is 5.92 Å². The van der Waals surface area contributed by atoms with Crippen LogP contribution in [0.4, 0.5) is 8.78 Å². The van der Waals surface area contributed by atoms with Crippen LogP contribution < -0.4 is 0 Å². The normalized spacial score (nSPS) is 21.7. The Morgan fingerprint density at radius 2 is 1.81 bits per heavy atom. The van der Waals surface area contributed by atoms with Crippen molar-refractivity contribution >= 4 is 21.8 Å². The molecule has 0 spiro atoms. The van der Waals surface area contributed by atoms with Crippen LogP contribution in [0.1, 0.15) is 13.3 Å². The molecule has 0 unspecified atom stereocenters. The molecular weight excluding hydrogens is 380 g/mol. The van der Waals surface area contributed by atoms with Gasteiger partial charge < -0.3 is 9.80 Å². The molecule has 2 heterocycles. The fourth-order valence-electron chi connectivity index (χ4n) is 3.44. The fourth-order valence-corrected chi connectivity index (χ4v) is 4.87. The lowest BCUT2D eigenvalue weighted by molar-refractivity contribution is -0.137. The van der Waals surface area contributed by atoms with Crippen LogP contribution in [-0.4, -0.2) is 73.6 Å². The third kappa shape index (κ3) is 3.81. The van der Waals surface area contributed by atoms with Crippen LogP contribution in [0.15, 0.2) is 23.1 Å². The maximum absolute atomic E-state index is 13.4. The lowest BCUT2D eigenvalue weighted by atomic mass is 10.1. The molecule has 0 radical (unpaired) electrons. The second-order valence-corrected chi connectivity index (χ2v) is 8.58. The van der Waals surface area contributed by atoms with E-state index in [1.165, 1.54) is 0 Å². The highest BCUT2D eigenvalue weighted by atomic mass is 32.2. The van der Waals surface area contributed by atoms with E-state index in [1.54, 1.807) is 9.80 Å². The summed E-state index contributed by atoms with van der Waals surface area (Å²) in [6.07, 6.45) is 0.181. The molecule has 2 fully saturated rings. The van der Waals surface area contributed by atoms with Gasteiger partial charge in [0.25, 0.3) is 0 Å². The minimum atomic E-state index is -3.96. The Morgan fingerprint density at radius 3 is 2.37 bits per heavy atom. The lowest BCUT2D eigenvalue weighted by Crippen LogP contribution is -2.52. The summed E-state index contributed by atoms with van der Waals surface area (Å²) in [5.74, 6) is -2.93. The van der Waals surface area contributed by atoms with Crippen molar-refractivity contribution in [3.8, 4) is 0 Å². The number of hydrogen-bond acceptors (Lipinski definition) is 4. The summed E-state index contributed by atoms with van der Waals surface area (Å²) in [5.41, 5.74) is 0. The molecule has 0 bridgehead atoms. The van der Waals surface area contributed by atoms with Crippen LogP contribution in [0.3, 0.4) is 0 Å². The summed E-state index contributed by atoms with van der Waals surface area (Å²) >= 11 is 0. The van der Waals surface area contributed by atoms with Gasteiger partial charge in [0.2, 0.25) is 21.8 Å². The number of halogens is 2. The van der Waals surface area contributed by atoms with E-state index in [0.29, 0.717) is 19.2 Å². The van der Waals surface area contributed by atoms with E-state index >= 15 is 0 Å². The lowest BCUT2D eigenvalue weighted by Gasteiger charge is -2.35. The number of hydrogen-bond donors (Lipinski definition) is 0. The topological polar surface area (TPSA) is 78.0 Å². The molecule has 0 aliphatic carbocycles. The zero-order chi connectivity index (χ0) is 19.8. The number of sulfonamides is 1. The van der Waals surface area contributed by atoms with Gasteiger partial charge in [0.1, 0.15) is 0 Å². The quantitative estimate of drug-likeness (QED) is 0.743. The Balaban J connectivity index is 1.64. The van der Waals surface area contributed by atoms with Gasteiger partial charge in [-0.15, -0.1) is 0 Å². The molecule has 27 heavy (non-hydrogen) atoms. The number of amides is 2. The molecular formula is C17H21F2N3O4S. The highest BCUT2D eigenvalue weighted by molar-refractivity contribution is 7.89. The number of benzene rings is 1. The van der Waals surface area contributed by atoms with Gasteiger partial charge in [0.05, 0.1) is 10.8 Å². The van der Waals surface area contributed by atoms with Crippen LogP contribution in [0, 0.1) is 17.6 Å². The molecule has 2 saturated heterocycles. The number of carbonyl (C=O) groups excluding carboxylic acids is 2. The van der Waals surface area contributed by atoms with Gasteiger partial charge >= 0.3 is 0 Å². The van der Waals surface area contributed by atoms with Crippen molar-refractivity contribution in [1.82, 2.24) is 14.1 Å². The zero-order valence-electron chi connectivity index (χ0n) is 14.9. The van der Waals surface area contributed by atoms with Gasteiger partial charge in [0, 0.05) is 45.7 Å². The number of nitrogens with zero attached hydrogens (tertiary/aromatic N) is 3. The number of rotatable bonds is 4. The van der Waals surface area contributed by atoms with E-state index in [0.717, 1.165) is 16.4 Å². The second kappa shape index (κ2) is 7.51. The van der Waals surface area contributed by atoms with E-state index in [-0.39, 0.29) is 49.3 Å². The summed E-state index contributed by atoms with van der Waals surface area (Å²) in [6.45, 7) is 3.31. The van der Waals surface area contributed by atoms with E-state index in [2.05, 4.69) is 0 Å². The molecule has 7 nitrogen and oxygen atoms in total.